The van der Waals surface area contributed by atoms with E-state index in [0.29, 0.717) is 0 Å². The first-order valence-electron chi connectivity index (χ1n) is 3.22. The van der Waals surface area contributed by atoms with E-state index in [9.17, 15) is 8.78 Å². The van der Waals surface area contributed by atoms with Gasteiger partial charge in [-0.2, -0.15) is 8.78 Å². The second-order valence-electron chi connectivity index (χ2n) is 2.29. The highest BCUT2D eigenvalue weighted by Gasteiger charge is 2.39. The quantitative estimate of drug-likeness (QED) is 0.489. The van der Waals surface area contributed by atoms with Gasteiger partial charge in [-0.1, -0.05) is 11.6 Å². The van der Waals surface area contributed by atoms with Crippen LogP contribution in [0.5, 0.6) is 0 Å². The minimum atomic E-state index is -3.46. The maximum absolute atomic E-state index is 12.7. The van der Waals surface area contributed by atoms with Crippen LogP contribution < -0.4 is 11.3 Å². The summed E-state index contributed by atoms with van der Waals surface area (Å²) in [6, 6.07) is -0.0127. The largest absolute Gasteiger partial charge is 0.342 e. The monoisotopic (exact) mass is 246 g/mol. The highest BCUT2D eigenvalue weighted by atomic mass is 35.5. The average Bonchev–Trinajstić information content (AvgIpc) is 2.35. The standard InChI is InChI=1S/C6H6Cl2F2N2S/c7-5-3(1-2-13-5)4(12-11)6(8,9)10/h1-2,4,12H,11H2. The molecule has 0 radical (unpaired) electrons. The van der Waals surface area contributed by atoms with E-state index in [1.54, 1.807) is 5.38 Å². The lowest BCUT2D eigenvalue weighted by Gasteiger charge is -2.19. The SMILES string of the molecule is NNC(c1ccsc1Cl)C(F)(F)Cl. The number of halogens is 4. The van der Waals surface area contributed by atoms with Crippen LogP contribution in [0.25, 0.3) is 0 Å². The van der Waals surface area contributed by atoms with Gasteiger partial charge in [0.1, 0.15) is 6.04 Å². The van der Waals surface area contributed by atoms with E-state index in [4.69, 9.17) is 29.0 Å². The zero-order valence-corrected chi connectivity index (χ0v) is 8.56. The smallest absolute Gasteiger partial charge is 0.271 e. The first-order valence-corrected chi connectivity index (χ1v) is 4.86. The average molecular weight is 247 g/mol. The number of hydrogen-bond donors (Lipinski definition) is 2. The lowest BCUT2D eigenvalue weighted by molar-refractivity contribution is 0.0499. The van der Waals surface area contributed by atoms with Crippen LogP contribution in [0.3, 0.4) is 0 Å². The number of nitrogens with one attached hydrogen (secondary N) is 1. The molecule has 1 atom stereocenters. The molecule has 7 heteroatoms. The Morgan fingerprint density at radius 3 is 2.54 bits per heavy atom. The minimum absolute atomic E-state index is 0.203. The predicted molar refractivity (Wildman–Crippen MR) is 50.2 cm³/mol. The Morgan fingerprint density at radius 1 is 1.62 bits per heavy atom. The van der Waals surface area contributed by atoms with Gasteiger partial charge in [0.2, 0.25) is 0 Å². The molecule has 74 valence electrons. The zero-order valence-electron chi connectivity index (χ0n) is 6.23. The summed E-state index contributed by atoms with van der Waals surface area (Å²) < 4.78 is 25.7. The summed E-state index contributed by atoms with van der Waals surface area (Å²) in [5.74, 6) is 4.95. The molecule has 0 aliphatic carbocycles. The Labute approximate surface area is 87.6 Å². The fourth-order valence-corrected chi connectivity index (χ4v) is 2.03. The molecule has 1 heterocycles. The second-order valence-corrected chi connectivity index (χ2v) is 4.31. The lowest BCUT2D eigenvalue weighted by atomic mass is 10.2. The van der Waals surface area contributed by atoms with Crippen molar-refractivity contribution in [1.29, 1.82) is 0 Å². The summed E-state index contributed by atoms with van der Waals surface area (Å²) >= 11 is 11.6. The van der Waals surface area contributed by atoms with E-state index in [0.717, 1.165) is 11.3 Å². The molecule has 0 saturated heterocycles. The zero-order chi connectivity index (χ0) is 10.1. The number of rotatable bonds is 3. The van der Waals surface area contributed by atoms with Gasteiger partial charge in [0.15, 0.2) is 0 Å². The van der Waals surface area contributed by atoms with Crippen molar-refractivity contribution in [2.75, 3.05) is 0 Å². The van der Waals surface area contributed by atoms with Crippen LogP contribution in [-0.4, -0.2) is 5.38 Å². The Hall–Kier alpha value is 0.0600. The fourth-order valence-electron chi connectivity index (χ4n) is 0.871. The minimum Gasteiger partial charge on any atom is -0.271 e. The van der Waals surface area contributed by atoms with Crippen molar-refractivity contribution in [3.05, 3.63) is 21.3 Å². The molecule has 0 fully saturated rings. The van der Waals surface area contributed by atoms with E-state index in [1.807, 2.05) is 5.43 Å². The molecule has 1 aromatic heterocycles. The Kier molecular flexibility index (Phi) is 3.48. The summed E-state index contributed by atoms with van der Waals surface area (Å²) in [6.07, 6.45) is 0. The van der Waals surface area contributed by atoms with Gasteiger partial charge >= 0.3 is 5.38 Å². The van der Waals surface area contributed by atoms with Gasteiger partial charge in [-0.05, 0) is 23.0 Å². The van der Waals surface area contributed by atoms with Gasteiger partial charge in [-0.3, -0.25) is 5.84 Å². The van der Waals surface area contributed by atoms with Crippen molar-refractivity contribution in [1.82, 2.24) is 5.43 Å². The molecule has 0 amide bonds. The molecule has 2 nitrogen and oxygen atoms in total. The van der Waals surface area contributed by atoms with Gasteiger partial charge in [0.25, 0.3) is 0 Å². The topological polar surface area (TPSA) is 38.0 Å². The Morgan fingerprint density at radius 2 is 2.23 bits per heavy atom. The highest BCUT2D eigenvalue weighted by Crippen LogP contribution is 2.39. The normalized spacial score (nSPS) is 14.5. The molecule has 0 aliphatic heterocycles. The van der Waals surface area contributed by atoms with Crippen molar-refractivity contribution in [2.45, 2.75) is 11.4 Å². The van der Waals surface area contributed by atoms with Crippen LogP contribution in [0.4, 0.5) is 8.78 Å². The summed E-state index contributed by atoms with van der Waals surface area (Å²) in [6.45, 7) is 0. The Bertz CT molecular complexity index is 286. The third-order valence-corrected chi connectivity index (χ3v) is 2.87. The third kappa shape index (κ3) is 2.51. The van der Waals surface area contributed by atoms with Crippen LogP contribution in [0, 0.1) is 0 Å². The van der Waals surface area contributed by atoms with Crippen LogP contribution in [0.2, 0.25) is 4.34 Å². The fraction of sp³-hybridized carbons (Fsp3) is 0.333. The van der Waals surface area contributed by atoms with Crippen molar-refractivity contribution in [3.63, 3.8) is 0 Å². The molecule has 3 N–H and O–H groups in total. The number of thiophene rings is 1. The van der Waals surface area contributed by atoms with E-state index < -0.39 is 11.4 Å². The Balaban J connectivity index is 2.98. The maximum Gasteiger partial charge on any atom is 0.342 e. The molecular formula is C6H6Cl2F2N2S. The van der Waals surface area contributed by atoms with Crippen molar-refractivity contribution in [2.24, 2.45) is 5.84 Å². The van der Waals surface area contributed by atoms with Crippen LogP contribution in [0.1, 0.15) is 11.6 Å². The second kappa shape index (κ2) is 4.06. The van der Waals surface area contributed by atoms with Gasteiger partial charge in [-0.25, -0.2) is 5.43 Å². The lowest BCUT2D eigenvalue weighted by Crippen LogP contribution is -2.37. The van der Waals surface area contributed by atoms with Crippen LogP contribution in [0.15, 0.2) is 11.4 Å². The van der Waals surface area contributed by atoms with E-state index in [2.05, 4.69) is 0 Å². The molecule has 0 aromatic carbocycles. The number of nitrogens with two attached hydrogens (primary N) is 1. The first-order chi connectivity index (χ1) is 5.96. The molecule has 0 saturated carbocycles. The highest BCUT2D eigenvalue weighted by molar-refractivity contribution is 7.14. The van der Waals surface area contributed by atoms with E-state index in [1.165, 1.54) is 6.07 Å². The molecule has 13 heavy (non-hydrogen) atoms. The number of hydrazine groups is 1. The molecule has 0 spiro atoms. The maximum atomic E-state index is 12.7. The van der Waals surface area contributed by atoms with Crippen molar-refractivity contribution < 1.29 is 8.78 Å². The van der Waals surface area contributed by atoms with E-state index in [-0.39, 0.29) is 9.90 Å². The van der Waals surface area contributed by atoms with Crippen molar-refractivity contribution in [3.8, 4) is 0 Å². The van der Waals surface area contributed by atoms with Gasteiger partial charge in [0.05, 0.1) is 4.34 Å². The van der Waals surface area contributed by atoms with Crippen LogP contribution >= 0.6 is 34.5 Å². The number of alkyl halides is 3. The predicted octanol–water partition coefficient (Wildman–Crippen LogP) is 2.74. The summed E-state index contributed by atoms with van der Waals surface area (Å²) in [7, 11) is 0. The van der Waals surface area contributed by atoms with Gasteiger partial charge in [0, 0.05) is 5.56 Å². The molecular weight excluding hydrogens is 241 g/mol. The van der Waals surface area contributed by atoms with Crippen molar-refractivity contribution >= 4 is 34.5 Å². The summed E-state index contributed by atoms with van der Waals surface area (Å²) in [4.78, 5) is 0. The number of hydrogen-bond acceptors (Lipinski definition) is 3. The summed E-state index contributed by atoms with van der Waals surface area (Å²) in [5, 5.41) is -1.87. The molecule has 1 unspecified atom stereocenters. The molecule has 1 aromatic rings. The summed E-state index contributed by atoms with van der Waals surface area (Å²) in [5.41, 5.74) is 2.13. The van der Waals surface area contributed by atoms with Crippen LogP contribution in [-0.2, 0) is 0 Å². The molecule has 1 rings (SSSR count). The first kappa shape index (κ1) is 11.1. The van der Waals surface area contributed by atoms with Gasteiger partial charge in [-0.15, -0.1) is 11.3 Å². The molecule has 0 aliphatic rings. The third-order valence-electron chi connectivity index (χ3n) is 1.45. The van der Waals surface area contributed by atoms with E-state index >= 15 is 0 Å². The molecule has 0 bridgehead atoms. The van der Waals surface area contributed by atoms with Gasteiger partial charge < -0.3 is 0 Å².